The normalized spacial score (nSPS) is 12.7. The molecule has 0 amide bonds. The first kappa shape index (κ1) is 11.8. The van der Waals surface area contributed by atoms with E-state index in [1.165, 1.54) is 0 Å². The maximum Gasteiger partial charge on any atom is 0.231 e. The van der Waals surface area contributed by atoms with E-state index < -0.39 is 0 Å². The summed E-state index contributed by atoms with van der Waals surface area (Å²) < 4.78 is 12.2. The van der Waals surface area contributed by atoms with Crippen LogP contribution in [0, 0.1) is 0 Å². The van der Waals surface area contributed by atoms with Crippen LogP contribution < -0.4 is 14.8 Å². The molecular formula is C12H14N4O3. The predicted octanol–water partition coefficient (Wildman–Crippen LogP) is 0.611. The van der Waals surface area contributed by atoms with Crippen LogP contribution in [0.4, 0.5) is 5.69 Å². The molecule has 0 unspecified atom stereocenters. The number of nitrogens with one attached hydrogen (secondary N) is 1. The quantitative estimate of drug-likeness (QED) is 0.821. The molecule has 0 fully saturated rings. The molecule has 1 aliphatic rings. The van der Waals surface area contributed by atoms with E-state index in [9.17, 15) is 0 Å². The van der Waals surface area contributed by atoms with Crippen LogP contribution in [0.5, 0.6) is 11.5 Å². The van der Waals surface area contributed by atoms with Crippen LogP contribution in [-0.4, -0.2) is 33.5 Å². The van der Waals surface area contributed by atoms with Crippen LogP contribution in [0.25, 0.3) is 0 Å². The molecule has 1 aromatic heterocycles. The lowest BCUT2D eigenvalue weighted by atomic mass is 10.2. The molecule has 0 spiro atoms. The Morgan fingerprint density at radius 3 is 3.11 bits per heavy atom. The number of aliphatic hydroxyl groups excluding tert-OH is 1. The summed E-state index contributed by atoms with van der Waals surface area (Å²) in [6.45, 7) is 1.34. The standard InChI is InChI=1S/C12H14N4O3/c17-4-3-16-7-10(14-15-16)6-13-9-1-2-11-12(5-9)19-8-18-11/h1-2,5,7,13,17H,3-4,6,8H2. The average Bonchev–Trinajstić information content (AvgIpc) is 3.04. The zero-order valence-electron chi connectivity index (χ0n) is 10.2. The van der Waals surface area contributed by atoms with Crippen LogP contribution in [0.15, 0.2) is 24.4 Å². The number of aromatic nitrogens is 3. The molecular weight excluding hydrogens is 248 g/mol. The fraction of sp³-hybridized carbons (Fsp3) is 0.333. The van der Waals surface area contributed by atoms with E-state index in [0.717, 1.165) is 22.9 Å². The van der Waals surface area contributed by atoms with E-state index >= 15 is 0 Å². The van der Waals surface area contributed by atoms with Gasteiger partial charge in [-0.05, 0) is 12.1 Å². The van der Waals surface area contributed by atoms with Crippen LogP contribution in [0.3, 0.4) is 0 Å². The van der Waals surface area contributed by atoms with Gasteiger partial charge in [0.15, 0.2) is 11.5 Å². The lowest BCUT2D eigenvalue weighted by Crippen LogP contribution is -2.02. The second-order valence-corrected chi connectivity index (χ2v) is 4.12. The molecule has 2 N–H and O–H groups in total. The number of hydrogen-bond acceptors (Lipinski definition) is 6. The number of fused-ring (bicyclic) bond motifs is 1. The van der Waals surface area contributed by atoms with Gasteiger partial charge < -0.3 is 19.9 Å². The van der Waals surface area contributed by atoms with Gasteiger partial charge in [-0.25, -0.2) is 4.68 Å². The largest absolute Gasteiger partial charge is 0.454 e. The molecule has 0 aliphatic carbocycles. The lowest BCUT2D eigenvalue weighted by molar-refractivity contribution is 0.174. The summed E-state index contributed by atoms with van der Waals surface area (Å²) in [6, 6.07) is 5.68. The van der Waals surface area contributed by atoms with Gasteiger partial charge >= 0.3 is 0 Å². The molecule has 2 aromatic rings. The van der Waals surface area contributed by atoms with Gasteiger partial charge in [-0.3, -0.25) is 0 Å². The maximum atomic E-state index is 8.80. The predicted molar refractivity (Wildman–Crippen MR) is 67.0 cm³/mol. The number of aliphatic hydroxyl groups is 1. The van der Waals surface area contributed by atoms with Crippen molar-refractivity contribution in [1.29, 1.82) is 0 Å². The first-order valence-electron chi connectivity index (χ1n) is 5.98. The zero-order chi connectivity index (χ0) is 13.1. The molecule has 0 bridgehead atoms. The van der Waals surface area contributed by atoms with Crippen LogP contribution in [-0.2, 0) is 13.1 Å². The highest BCUT2D eigenvalue weighted by Gasteiger charge is 2.13. The fourth-order valence-corrected chi connectivity index (χ4v) is 1.83. The van der Waals surface area contributed by atoms with Crippen LogP contribution >= 0.6 is 0 Å². The Kier molecular flexibility index (Phi) is 3.20. The summed E-state index contributed by atoms with van der Waals surface area (Å²) in [5.74, 6) is 1.51. The van der Waals surface area contributed by atoms with Gasteiger partial charge in [-0.2, -0.15) is 0 Å². The van der Waals surface area contributed by atoms with Crippen molar-refractivity contribution in [3.8, 4) is 11.5 Å². The molecule has 7 nitrogen and oxygen atoms in total. The maximum absolute atomic E-state index is 8.80. The number of rotatable bonds is 5. The Balaban J connectivity index is 1.62. The van der Waals surface area contributed by atoms with Crippen molar-refractivity contribution in [2.75, 3.05) is 18.7 Å². The second kappa shape index (κ2) is 5.15. The van der Waals surface area contributed by atoms with E-state index in [1.807, 2.05) is 18.2 Å². The fourth-order valence-electron chi connectivity index (χ4n) is 1.83. The summed E-state index contributed by atoms with van der Waals surface area (Å²) in [5.41, 5.74) is 1.74. The Morgan fingerprint density at radius 2 is 2.21 bits per heavy atom. The number of benzene rings is 1. The monoisotopic (exact) mass is 262 g/mol. The summed E-state index contributed by atoms with van der Waals surface area (Å²) in [4.78, 5) is 0. The summed E-state index contributed by atoms with van der Waals surface area (Å²) >= 11 is 0. The van der Waals surface area contributed by atoms with Gasteiger partial charge in [0.1, 0.15) is 5.69 Å². The SMILES string of the molecule is OCCn1cc(CNc2ccc3c(c2)OCO3)nn1. The topological polar surface area (TPSA) is 81.4 Å². The van der Waals surface area contributed by atoms with E-state index in [4.69, 9.17) is 14.6 Å². The van der Waals surface area contributed by atoms with Gasteiger partial charge in [-0.1, -0.05) is 5.21 Å². The Labute approximate surface area is 109 Å². The molecule has 0 radical (unpaired) electrons. The third-order valence-corrected chi connectivity index (χ3v) is 2.76. The third kappa shape index (κ3) is 2.60. The molecule has 0 saturated carbocycles. The number of anilines is 1. The minimum atomic E-state index is 0.0540. The summed E-state index contributed by atoms with van der Waals surface area (Å²) in [7, 11) is 0. The molecule has 19 heavy (non-hydrogen) atoms. The van der Waals surface area contributed by atoms with Crippen molar-refractivity contribution in [1.82, 2.24) is 15.0 Å². The van der Waals surface area contributed by atoms with Gasteiger partial charge in [0, 0.05) is 11.8 Å². The van der Waals surface area contributed by atoms with E-state index in [-0.39, 0.29) is 13.4 Å². The molecule has 3 rings (SSSR count). The average molecular weight is 262 g/mol. The third-order valence-electron chi connectivity index (χ3n) is 2.76. The van der Waals surface area contributed by atoms with E-state index in [0.29, 0.717) is 13.1 Å². The Bertz CT molecular complexity index is 570. The smallest absolute Gasteiger partial charge is 0.231 e. The zero-order valence-corrected chi connectivity index (χ0v) is 10.2. The summed E-state index contributed by atoms with van der Waals surface area (Å²) in [6.07, 6.45) is 1.80. The van der Waals surface area contributed by atoms with Crippen molar-refractivity contribution in [3.05, 3.63) is 30.1 Å². The number of hydrogen-bond donors (Lipinski definition) is 2. The molecule has 0 saturated heterocycles. The van der Waals surface area contributed by atoms with Gasteiger partial charge in [0.25, 0.3) is 0 Å². The molecule has 7 heteroatoms. The summed E-state index contributed by atoms with van der Waals surface area (Å²) in [5, 5.41) is 19.9. The van der Waals surface area contributed by atoms with Crippen molar-refractivity contribution in [2.45, 2.75) is 13.1 Å². The molecule has 0 atom stereocenters. The molecule has 2 heterocycles. The molecule has 1 aliphatic heterocycles. The highest BCUT2D eigenvalue weighted by atomic mass is 16.7. The van der Waals surface area contributed by atoms with Gasteiger partial charge in [0.05, 0.1) is 25.9 Å². The minimum absolute atomic E-state index is 0.0540. The van der Waals surface area contributed by atoms with Gasteiger partial charge in [0.2, 0.25) is 6.79 Å². The van der Waals surface area contributed by atoms with Crippen molar-refractivity contribution in [2.24, 2.45) is 0 Å². The van der Waals surface area contributed by atoms with Crippen molar-refractivity contribution < 1.29 is 14.6 Å². The van der Waals surface area contributed by atoms with Crippen molar-refractivity contribution >= 4 is 5.69 Å². The lowest BCUT2D eigenvalue weighted by Gasteiger charge is -2.04. The van der Waals surface area contributed by atoms with Crippen molar-refractivity contribution in [3.63, 3.8) is 0 Å². The van der Waals surface area contributed by atoms with Crippen LogP contribution in [0.1, 0.15) is 5.69 Å². The highest BCUT2D eigenvalue weighted by Crippen LogP contribution is 2.34. The number of nitrogens with zero attached hydrogens (tertiary/aromatic N) is 3. The molecule has 100 valence electrons. The first-order valence-corrected chi connectivity index (χ1v) is 5.98. The Hall–Kier alpha value is -2.28. The minimum Gasteiger partial charge on any atom is -0.454 e. The van der Waals surface area contributed by atoms with Gasteiger partial charge in [-0.15, -0.1) is 5.10 Å². The van der Waals surface area contributed by atoms with Crippen LogP contribution in [0.2, 0.25) is 0 Å². The highest BCUT2D eigenvalue weighted by molar-refractivity contribution is 5.55. The Morgan fingerprint density at radius 1 is 1.32 bits per heavy atom. The first-order chi connectivity index (χ1) is 9.35. The van der Waals surface area contributed by atoms with E-state index in [2.05, 4.69) is 15.6 Å². The second-order valence-electron chi connectivity index (χ2n) is 4.12. The molecule has 1 aromatic carbocycles. The van der Waals surface area contributed by atoms with E-state index in [1.54, 1.807) is 10.9 Å². The number of ether oxygens (including phenoxy) is 2.